The molecular formula is C12H20ClN3O4S. The molecule has 0 fully saturated rings. The first kappa shape index (κ1) is 19.8. The fourth-order valence-corrected chi connectivity index (χ4v) is 2.55. The molecular weight excluding hydrogens is 318 g/mol. The Bertz CT molecular complexity index is 592. The number of nitrogens with one attached hydrogen (secondary N) is 1. The zero-order chi connectivity index (χ0) is 15.3. The summed E-state index contributed by atoms with van der Waals surface area (Å²) in [7, 11) is -2.41. The molecule has 0 saturated heterocycles. The molecule has 0 aliphatic heterocycles. The maximum Gasteiger partial charge on any atom is 0.243 e. The van der Waals surface area contributed by atoms with E-state index in [1.807, 2.05) is 6.92 Å². The van der Waals surface area contributed by atoms with Crippen molar-refractivity contribution in [2.45, 2.75) is 24.3 Å². The number of carbonyl (C=O) groups excluding carboxylic acids is 1. The number of primary sulfonamides is 1. The van der Waals surface area contributed by atoms with E-state index in [1.165, 1.54) is 13.2 Å². The summed E-state index contributed by atoms with van der Waals surface area (Å²) in [4.78, 5) is 11.7. The normalized spacial score (nSPS) is 12.4. The maximum absolute atomic E-state index is 11.7. The molecule has 0 radical (unpaired) electrons. The first-order valence-electron chi connectivity index (χ1n) is 6.00. The first-order valence-corrected chi connectivity index (χ1v) is 7.55. The van der Waals surface area contributed by atoms with Gasteiger partial charge in [-0.2, -0.15) is 0 Å². The van der Waals surface area contributed by atoms with Crippen LogP contribution in [0.2, 0.25) is 0 Å². The number of carbonyl (C=O) groups is 1. The number of hydrogen-bond acceptors (Lipinski definition) is 5. The van der Waals surface area contributed by atoms with Gasteiger partial charge in [0.15, 0.2) is 0 Å². The molecule has 1 aromatic rings. The molecule has 0 aromatic heterocycles. The zero-order valence-corrected chi connectivity index (χ0v) is 13.5. The summed E-state index contributed by atoms with van der Waals surface area (Å²) in [6.45, 7) is 1.89. The van der Waals surface area contributed by atoms with Crippen molar-refractivity contribution < 1.29 is 17.9 Å². The molecule has 0 spiro atoms. The fourth-order valence-electron chi connectivity index (χ4n) is 1.68. The molecule has 1 rings (SSSR count). The van der Waals surface area contributed by atoms with E-state index in [2.05, 4.69) is 5.32 Å². The van der Waals surface area contributed by atoms with Crippen LogP contribution in [0.4, 0.5) is 5.69 Å². The van der Waals surface area contributed by atoms with Crippen LogP contribution in [0.1, 0.15) is 12.5 Å². The van der Waals surface area contributed by atoms with Crippen LogP contribution in [0.25, 0.3) is 0 Å². The Morgan fingerprint density at radius 3 is 2.52 bits per heavy atom. The highest BCUT2D eigenvalue weighted by Gasteiger charge is 2.17. The first-order chi connectivity index (χ1) is 9.29. The van der Waals surface area contributed by atoms with Gasteiger partial charge in [0, 0.05) is 12.8 Å². The van der Waals surface area contributed by atoms with Gasteiger partial charge in [-0.15, -0.1) is 12.4 Å². The highest BCUT2D eigenvalue weighted by atomic mass is 35.5. The van der Waals surface area contributed by atoms with Crippen LogP contribution in [0.15, 0.2) is 23.1 Å². The van der Waals surface area contributed by atoms with Gasteiger partial charge in [-0.25, -0.2) is 13.6 Å². The monoisotopic (exact) mass is 337 g/mol. The van der Waals surface area contributed by atoms with Gasteiger partial charge in [-0.05, 0) is 24.1 Å². The van der Waals surface area contributed by atoms with E-state index in [-0.39, 0.29) is 23.9 Å². The van der Waals surface area contributed by atoms with Crippen molar-refractivity contribution in [1.82, 2.24) is 0 Å². The number of amides is 1. The van der Waals surface area contributed by atoms with Gasteiger partial charge in [0.2, 0.25) is 15.9 Å². The lowest BCUT2D eigenvalue weighted by molar-refractivity contribution is -0.118. The molecule has 0 aliphatic rings. The van der Waals surface area contributed by atoms with E-state index < -0.39 is 22.0 Å². The third-order valence-corrected chi connectivity index (χ3v) is 3.70. The lowest BCUT2D eigenvalue weighted by Gasteiger charge is -2.13. The van der Waals surface area contributed by atoms with E-state index in [9.17, 15) is 13.2 Å². The highest BCUT2D eigenvalue weighted by Crippen LogP contribution is 2.20. The predicted octanol–water partition coefficient (Wildman–Crippen LogP) is 0.230. The van der Waals surface area contributed by atoms with E-state index in [0.29, 0.717) is 17.7 Å². The zero-order valence-electron chi connectivity index (χ0n) is 11.8. The van der Waals surface area contributed by atoms with Gasteiger partial charge in [0.05, 0.1) is 11.5 Å². The molecule has 0 bridgehead atoms. The molecule has 5 N–H and O–H groups in total. The number of hydrogen-bond donors (Lipinski definition) is 3. The van der Waals surface area contributed by atoms with Crippen LogP contribution >= 0.6 is 12.4 Å². The Morgan fingerprint density at radius 2 is 2.05 bits per heavy atom. The van der Waals surface area contributed by atoms with Crippen molar-refractivity contribution in [3.05, 3.63) is 23.8 Å². The van der Waals surface area contributed by atoms with E-state index >= 15 is 0 Å². The predicted molar refractivity (Wildman–Crippen MR) is 82.9 cm³/mol. The number of methoxy groups -OCH3 is 1. The number of rotatable bonds is 6. The minimum atomic E-state index is -3.84. The summed E-state index contributed by atoms with van der Waals surface area (Å²) < 4.78 is 27.8. The Kier molecular flexibility index (Phi) is 7.83. The van der Waals surface area contributed by atoms with Crippen molar-refractivity contribution in [3.8, 4) is 0 Å². The Balaban J connectivity index is 0.00000400. The summed E-state index contributed by atoms with van der Waals surface area (Å²) in [5.41, 5.74) is 6.49. The molecule has 1 aromatic carbocycles. The summed E-state index contributed by atoms with van der Waals surface area (Å²) in [6.07, 6.45) is 0.517. The van der Waals surface area contributed by atoms with Crippen LogP contribution in [0.5, 0.6) is 0 Å². The lowest BCUT2D eigenvalue weighted by atomic mass is 10.1. The number of benzene rings is 1. The fraction of sp³-hybridized carbons (Fsp3) is 0.417. The van der Waals surface area contributed by atoms with Crippen LogP contribution < -0.4 is 16.2 Å². The Hall–Kier alpha value is -1.19. The Labute approximate surface area is 130 Å². The second-order valence-electron chi connectivity index (χ2n) is 4.27. The molecule has 1 atom stereocenters. The second-order valence-corrected chi connectivity index (χ2v) is 5.80. The standard InChI is InChI=1S/C12H19N3O4S.ClH/c1-3-8-4-5-9(6-11(8)20(14,17)18)15-12(16)10(13)7-19-2;/h4-6,10H,3,7,13H2,1-2H3,(H,15,16)(H2,14,17,18);1H. The van der Waals surface area contributed by atoms with Crippen molar-refractivity contribution >= 4 is 34.0 Å². The van der Waals surface area contributed by atoms with Gasteiger partial charge in [-0.1, -0.05) is 13.0 Å². The molecule has 120 valence electrons. The average molecular weight is 338 g/mol. The minimum Gasteiger partial charge on any atom is -0.383 e. The Morgan fingerprint density at radius 1 is 1.43 bits per heavy atom. The lowest BCUT2D eigenvalue weighted by Crippen LogP contribution is -2.39. The van der Waals surface area contributed by atoms with Gasteiger partial charge in [-0.3, -0.25) is 4.79 Å². The van der Waals surface area contributed by atoms with Crippen molar-refractivity contribution in [2.75, 3.05) is 19.0 Å². The average Bonchev–Trinajstić information content (AvgIpc) is 2.37. The summed E-state index contributed by atoms with van der Waals surface area (Å²) >= 11 is 0. The molecule has 0 heterocycles. The number of nitrogens with two attached hydrogens (primary N) is 2. The number of ether oxygens (including phenoxy) is 1. The number of sulfonamides is 1. The van der Waals surface area contributed by atoms with E-state index in [1.54, 1.807) is 12.1 Å². The van der Waals surface area contributed by atoms with E-state index in [0.717, 1.165) is 0 Å². The SMILES string of the molecule is CCc1ccc(NC(=O)C(N)COC)cc1S(N)(=O)=O.Cl. The van der Waals surface area contributed by atoms with Crippen LogP contribution in [-0.2, 0) is 26.0 Å². The van der Waals surface area contributed by atoms with Crippen LogP contribution in [-0.4, -0.2) is 34.1 Å². The van der Waals surface area contributed by atoms with Gasteiger partial charge >= 0.3 is 0 Å². The summed E-state index contributed by atoms with van der Waals surface area (Å²) in [6, 6.07) is 3.71. The largest absolute Gasteiger partial charge is 0.383 e. The smallest absolute Gasteiger partial charge is 0.243 e. The molecule has 9 heteroatoms. The molecule has 0 saturated carbocycles. The molecule has 7 nitrogen and oxygen atoms in total. The maximum atomic E-state index is 11.7. The van der Waals surface area contributed by atoms with Crippen molar-refractivity contribution in [2.24, 2.45) is 10.9 Å². The number of anilines is 1. The van der Waals surface area contributed by atoms with Gasteiger partial charge < -0.3 is 15.8 Å². The molecule has 0 aliphatic carbocycles. The number of halogens is 1. The van der Waals surface area contributed by atoms with Crippen LogP contribution in [0, 0.1) is 0 Å². The molecule has 1 unspecified atom stereocenters. The van der Waals surface area contributed by atoms with Gasteiger partial charge in [0.25, 0.3) is 0 Å². The minimum absolute atomic E-state index is 0. The van der Waals surface area contributed by atoms with Gasteiger partial charge in [0.1, 0.15) is 6.04 Å². The second kappa shape index (κ2) is 8.30. The summed E-state index contributed by atoms with van der Waals surface area (Å²) in [5.74, 6) is -0.462. The van der Waals surface area contributed by atoms with Crippen molar-refractivity contribution in [1.29, 1.82) is 0 Å². The molecule has 21 heavy (non-hydrogen) atoms. The third-order valence-electron chi connectivity index (χ3n) is 2.71. The van der Waals surface area contributed by atoms with Crippen molar-refractivity contribution in [3.63, 3.8) is 0 Å². The highest BCUT2D eigenvalue weighted by molar-refractivity contribution is 7.89. The van der Waals surface area contributed by atoms with E-state index in [4.69, 9.17) is 15.6 Å². The third kappa shape index (κ3) is 5.60. The topological polar surface area (TPSA) is 125 Å². The van der Waals surface area contributed by atoms with Crippen LogP contribution in [0.3, 0.4) is 0 Å². The quantitative estimate of drug-likeness (QED) is 0.685. The summed E-state index contributed by atoms with van der Waals surface area (Å²) in [5, 5.41) is 7.68. The number of aryl methyl sites for hydroxylation is 1. The molecule has 1 amide bonds.